The van der Waals surface area contributed by atoms with E-state index in [-0.39, 0.29) is 6.04 Å². The quantitative estimate of drug-likeness (QED) is 0.721. The Morgan fingerprint density at radius 2 is 1.95 bits per heavy atom. The SMILES string of the molecule is NC(Cc1ccnc2ccccc12)c1ccc(Br)c(Cl)c1. The number of hydrogen-bond acceptors (Lipinski definition) is 2. The van der Waals surface area contributed by atoms with Crippen molar-refractivity contribution in [3.8, 4) is 0 Å². The molecule has 0 aliphatic heterocycles. The standard InChI is InChI=1S/C17H14BrClN2/c18-14-6-5-12(9-15(14)19)16(20)10-11-7-8-21-17-4-2-1-3-13(11)17/h1-9,16H,10,20H2. The molecular weight excluding hydrogens is 348 g/mol. The van der Waals surface area contributed by atoms with Gasteiger partial charge in [-0.05, 0) is 57.7 Å². The molecule has 2 N–H and O–H groups in total. The van der Waals surface area contributed by atoms with Gasteiger partial charge in [0, 0.05) is 22.1 Å². The van der Waals surface area contributed by atoms with E-state index in [1.54, 1.807) is 0 Å². The van der Waals surface area contributed by atoms with E-state index in [0.29, 0.717) is 5.02 Å². The van der Waals surface area contributed by atoms with Gasteiger partial charge >= 0.3 is 0 Å². The second-order valence-electron chi connectivity index (χ2n) is 4.97. The summed E-state index contributed by atoms with van der Waals surface area (Å²) in [5.41, 5.74) is 9.57. The number of aromatic nitrogens is 1. The Bertz CT molecular complexity index is 783. The lowest BCUT2D eigenvalue weighted by Crippen LogP contribution is -2.13. The molecule has 0 saturated carbocycles. The smallest absolute Gasteiger partial charge is 0.0704 e. The van der Waals surface area contributed by atoms with Crippen LogP contribution in [-0.2, 0) is 6.42 Å². The average molecular weight is 362 g/mol. The van der Waals surface area contributed by atoms with Gasteiger partial charge < -0.3 is 5.73 Å². The van der Waals surface area contributed by atoms with Crippen LogP contribution in [0.3, 0.4) is 0 Å². The summed E-state index contributed by atoms with van der Waals surface area (Å²) in [7, 11) is 0. The number of hydrogen-bond donors (Lipinski definition) is 1. The zero-order valence-corrected chi connectivity index (χ0v) is 13.6. The summed E-state index contributed by atoms with van der Waals surface area (Å²) in [5, 5.41) is 1.83. The van der Waals surface area contributed by atoms with Gasteiger partial charge in [0.25, 0.3) is 0 Å². The van der Waals surface area contributed by atoms with E-state index >= 15 is 0 Å². The van der Waals surface area contributed by atoms with Crippen molar-refractivity contribution in [1.82, 2.24) is 4.98 Å². The second kappa shape index (κ2) is 6.14. The number of nitrogens with two attached hydrogens (primary N) is 1. The van der Waals surface area contributed by atoms with Crippen LogP contribution in [0.25, 0.3) is 10.9 Å². The Kier molecular flexibility index (Phi) is 4.24. The van der Waals surface area contributed by atoms with Crippen LogP contribution in [0.5, 0.6) is 0 Å². The van der Waals surface area contributed by atoms with Crippen LogP contribution in [0.2, 0.25) is 5.02 Å². The topological polar surface area (TPSA) is 38.9 Å². The summed E-state index contributed by atoms with van der Waals surface area (Å²) in [5.74, 6) is 0. The average Bonchev–Trinajstić information content (AvgIpc) is 2.50. The third-order valence-corrected chi connectivity index (χ3v) is 4.78. The summed E-state index contributed by atoms with van der Waals surface area (Å²) in [6, 6.07) is 15.9. The molecule has 1 unspecified atom stereocenters. The van der Waals surface area contributed by atoms with Crippen molar-refractivity contribution in [2.24, 2.45) is 5.73 Å². The first-order chi connectivity index (χ1) is 10.1. The molecule has 21 heavy (non-hydrogen) atoms. The summed E-state index contributed by atoms with van der Waals surface area (Å²) in [6.07, 6.45) is 2.58. The first kappa shape index (κ1) is 14.5. The molecule has 0 saturated heterocycles. The Balaban J connectivity index is 1.92. The molecule has 1 atom stereocenters. The van der Waals surface area contributed by atoms with E-state index in [2.05, 4.69) is 27.0 Å². The van der Waals surface area contributed by atoms with Gasteiger partial charge in [0.1, 0.15) is 0 Å². The minimum atomic E-state index is -0.0959. The van der Waals surface area contributed by atoms with Gasteiger partial charge in [0.05, 0.1) is 10.5 Å². The number of rotatable bonds is 3. The van der Waals surface area contributed by atoms with Crippen LogP contribution in [-0.4, -0.2) is 4.98 Å². The van der Waals surface area contributed by atoms with Gasteiger partial charge in [-0.1, -0.05) is 35.9 Å². The molecule has 2 aromatic carbocycles. The molecule has 0 radical (unpaired) electrons. The van der Waals surface area contributed by atoms with E-state index in [1.807, 2.05) is 48.7 Å². The normalized spacial score (nSPS) is 12.5. The van der Waals surface area contributed by atoms with E-state index in [9.17, 15) is 0 Å². The molecule has 1 heterocycles. The first-order valence-electron chi connectivity index (χ1n) is 6.68. The van der Waals surface area contributed by atoms with Crippen molar-refractivity contribution >= 4 is 38.4 Å². The highest BCUT2D eigenvalue weighted by Gasteiger charge is 2.11. The Hall–Kier alpha value is -1.42. The molecule has 0 bridgehead atoms. The Morgan fingerprint density at radius 1 is 1.14 bits per heavy atom. The second-order valence-corrected chi connectivity index (χ2v) is 6.23. The lowest BCUT2D eigenvalue weighted by Gasteiger charge is -2.14. The third kappa shape index (κ3) is 3.10. The largest absolute Gasteiger partial charge is 0.324 e. The molecule has 3 aromatic rings. The van der Waals surface area contributed by atoms with Crippen molar-refractivity contribution in [1.29, 1.82) is 0 Å². The summed E-state index contributed by atoms with van der Waals surface area (Å²) < 4.78 is 0.884. The molecule has 0 aliphatic rings. The lowest BCUT2D eigenvalue weighted by molar-refractivity contribution is 0.725. The zero-order chi connectivity index (χ0) is 14.8. The molecular formula is C17H14BrClN2. The minimum absolute atomic E-state index is 0.0959. The van der Waals surface area contributed by atoms with Gasteiger partial charge in [-0.2, -0.15) is 0 Å². The number of para-hydroxylation sites is 1. The van der Waals surface area contributed by atoms with Crippen LogP contribution < -0.4 is 5.73 Å². The maximum atomic E-state index is 6.34. The van der Waals surface area contributed by atoms with E-state index < -0.39 is 0 Å². The molecule has 0 fully saturated rings. The molecule has 106 valence electrons. The van der Waals surface area contributed by atoms with Crippen molar-refractivity contribution in [3.63, 3.8) is 0 Å². The number of nitrogens with zero attached hydrogens (tertiary/aromatic N) is 1. The third-order valence-electron chi connectivity index (χ3n) is 3.55. The van der Waals surface area contributed by atoms with Crippen LogP contribution in [0.1, 0.15) is 17.2 Å². The van der Waals surface area contributed by atoms with Crippen LogP contribution in [0.4, 0.5) is 0 Å². The van der Waals surface area contributed by atoms with Gasteiger partial charge in [0.2, 0.25) is 0 Å². The van der Waals surface area contributed by atoms with Crippen LogP contribution >= 0.6 is 27.5 Å². The molecule has 0 amide bonds. The zero-order valence-electron chi connectivity index (χ0n) is 11.3. The van der Waals surface area contributed by atoms with Gasteiger partial charge in [0.15, 0.2) is 0 Å². The van der Waals surface area contributed by atoms with Crippen LogP contribution in [0, 0.1) is 0 Å². The predicted octanol–water partition coefficient (Wildman–Crippen LogP) is 4.89. The molecule has 4 heteroatoms. The number of fused-ring (bicyclic) bond motifs is 1. The fourth-order valence-electron chi connectivity index (χ4n) is 2.43. The fourth-order valence-corrected chi connectivity index (χ4v) is 2.87. The van der Waals surface area contributed by atoms with Crippen molar-refractivity contribution in [2.45, 2.75) is 12.5 Å². The number of halogens is 2. The van der Waals surface area contributed by atoms with E-state index in [1.165, 1.54) is 5.56 Å². The van der Waals surface area contributed by atoms with E-state index in [4.69, 9.17) is 17.3 Å². The minimum Gasteiger partial charge on any atom is -0.324 e. The fraction of sp³-hybridized carbons (Fsp3) is 0.118. The highest BCUT2D eigenvalue weighted by molar-refractivity contribution is 9.10. The van der Waals surface area contributed by atoms with Crippen molar-refractivity contribution in [2.75, 3.05) is 0 Å². The predicted molar refractivity (Wildman–Crippen MR) is 91.5 cm³/mol. The highest BCUT2D eigenvalue weighted by atomic mass is 79.9. The first-order valence-corrected chi connectivity index (χ1v) is 7.85. The maximum absolute atomic E-state index is 6.34. The van der Waals surface area contributed by atoms with Crippen molar-refractivity contribution < 1.29 is 0 Å². The van der Waals surface area contributed by atoms with Gasteiger partial charge in [-0.25, -0.2) is 0 Å². The Labute approximate surface area is 137 Å². The molecule has 2 nitrogen and oxygen atoms in total. The molecule has 3 rings (SSSR count). The maximum Gasteiger partial charge on any atom is 0.0704 e. The van der Waals surface area contributed by atoms with Gasteiger partial charge in [-0.15, -0.1) is 0 Å². The van der Waals surface area contributed by atoms with E-state index in [0.717, 1.165) is 27.4 Å². The van der Waals surface area contributed by atoms with Crippen LogP contribution in [0.15, 0.2) is 59.2 Å². The Morgan fingerprint density at radius 3 is 2.76 bits per heavy atom. The molecule has 1 aromatic heterocycles. The van der Waals surface area contributed by atoms with Crippen molar-refractivity contribution in [3.05, 3.63) is 75.4 Å². The highest BCUT2D eigenvalue weighted by Crippen LogP contribution is 2.27. The summed E-state index contributed by atoms with van der Waals surface area (Å²) in [4.78, 5) is 4.38. The lowest BCUT2D eigenvalue weighted by atomic mass is 9.97. The number of pyridine rings is 1. The van der Waals surface area contributed by atoms with Gasteiger partial charge in [-0.3, -0.25) is 4.98 Å². The summed E-state index contributed by atoms with van der Waals surface area (Å²) >= 11 is 9.54. The number of benzene rings is 2. The molecule has 0 spiro atoms. The molecule has 0 aliphatic carbocycles. The monoisotopic (exact) mass is 360 g/mol. The summed E-state index contributed by atoms with van der Waals surface area (Å²) in [6.45, 7) is 0.